The number of nitrogens with zero attached hydrogens (tertiary/aromatic N) is 4. The highest BCUT2D eigenvalue weighted by atomic mass is 79.9. The molecule has 1 saturated heterocycles. The van der Waals surface area contributed by atoms with Gasteiger partial charge in [-0.1, -0.05) is 0 Å². The first-order chi connectivity index (χ1) is 9.16. The molecule has 0 aliphatic carbocycles. The summed E-state index contributed by atoms with van der Waals surface area (Å²) in [6.07, 6.45) is 2.63. The molecule has 0 radical (unpaired) electrons. The number of pyridine rings is 1. The van der Waals surface area contributed by atoms with E-state index in [0.29, 0.717) is 26.2 Å². The third-order valence-electron chi connectivity index (χ3n) is 3.29. The van der Waals surface area contributed by atoms with E-state index in [1.807, 2.05) is 0 Å². The molecule has 1 aliphatic heterocycles. The van der Waals surface area contributed by atoms with Crippen molar-refractivity contribution in [3.63, 3.8) is 0 Å². The number of fused-ring (bicyclic) bond motifs is 1. The SMILES string of the molecule is O=C(O)N1CCN(c2cncc3n[nH]c(Br)c23)CC1. The third-order valence-corrected chi connectivity index (χ3v) is 3.86. The molecule has 1 amide bonds. The normalized spacial score (nSPS) is 16.1. The van der Waals surface area contributed by atoms with Gasteiger partial charge < -0.3 is 14.9 Å². The summed E-state index contributed by atoms with van der Waals surface area (Å²) in [5.41, 5.74) is 1.77. The van der Waals surface area contributed by atoms with E-state index in [9.17, 15) is 4.79 Å². The fourth-order valence-corrected chi connectivity index (χ4v) is 2.79. The zero-order valence-corrected chi connectivity index (χ0v) is 11.6. The molecule has 2 aromatic rings. The average molecular weight is 326 g/mol. The highest BCUT2D eigenvalue weighted by molar-refractivity contribution is 9.10. The Kier molecular flexibility index (Phi) is 3.02. The molecule has 0 aromatic carbocycles. The van der Waals surface area contributed by atoms with Crippen LogP contribution in [0.15, 0.2) is 17.0 Å². The average Bonchev–Trinajstić information content (AvgIpc) is 2.81. The molecule has 3 heterocycles. The first kappa shape index (κ1) is 12.2. The maximum Gasteiger partial charge on any atom is 0.407 e. The topological polar surface area (TPSA) is 85.3 Å². The molecular formula is C11H12BrN5O2. The van der Waals surface area contributed by atoms with Crippen molar-refractivity contribution < 1.29 is 9.90 Å². The number of halogens is 1. The zero-order valence-electron chi connectivity index (χ0n) is 10.0. The number of piperazine rings is 1. The van der Waals surface area contributed by atoms with E-state index in [1.54, 1.807) is 12.4 Å². The molecule has 0 saturated carbocycles. The van der Waals surface area contributed by atoms with Crippen LogP contribution < -0.4 is 4.90 Å². The summed E-state index contributed by atoms with van der Waals surface area (Å²) in [5, 5.41) is 17.0. The van der Waals surface area contributed by atoms with Crippen LogP contribution in [-0.2, 0) is 0 Å². The van der Waals surface area contributed by atoms with Crippen LogP contribution in [0.4, 0.5) is 10.5 Å². The van der Waals surface area contributed by atoms with Crippen LogP contribution in [0.3, 0.4) is 0 Å². The molecule has 1 aliphatic rings. The number of carbonyl (C=O) groups is 1. The van der Waals surface area contributed by atoms with E-state index < -0.39 is 6.09 Å². The number of anilines is 1. The monoisotopic (exact) mass is 325 g/mol. The Balaban J connectivity index is 1.90. The second-order valence-corrected chi connectivity index (χ2v) is 5.14. The van der Waals surface area contributed by atoms with Gasteiger partial charge >= 0.3 is 6.09 Å². The van der Waals surface area contributed by atoms with Gasteiger partial charge in [0, 0.05) is 26.2 Å². The van der Waals surface area contributed by atoms with Crippen molar-refractivity contribution in [3.8, 4) is 0 Å². The molecule has 1 fully saturated rings. The van der Waals surface area contributed by atoms with Crippen molar-refractivity contribution in [2.45, 2.75) is 0 Å². The van der Waals surface area contributed by atoms with Crippen molar-refractivity contribution in [1.29, 1.82) is 0 Å². The van der Waals surface area contributed by atoms with Crippen molar-refractivity contribution >= 4 is 38.6 Å². The van der Waals surface area contributed by atoms with Gasteiger partial charge in [-0.05, 0) is 15.9 Å². The van der Waals surface area contributed by atoms with E-state index in [4.69, 9.17) is 5.11 Å². The Hall–Kier alpha value is -1.83. The van der Waals surface area contributed by atoms with Crippen LogP contribution in [-0.4, -0.2) is 57.5 Å². The maximum absolute atomic E-state index is 10.9. The Morgan fingerprint density at radius 1 is 1.32 bits per heavy atom. The molecule has 8 heteroatoms. The van der Waals surface area contributed by atoms with Gasteiger partial charge in [0.2, 0.25) is 0 Å². The van der Waals surface area contributed by atoms with Gasteiger partial charge in [0.05, 0.1) is 23.5 Å². The van der Waals surface area contributed by atoms with Crippen LogP contribution in [0.25, 0.3) is 10.9 Å². The summed E-state index contributed by atoms with van der Waals surface area (Å²) in [5.74, 6) is 0. The largest absolute Gasteiger partial charge is 0.465 e. The van der Waals surface area contributed by atoms with Gasteiger partial charge in [0.1, 0.15) is 10.1 Å². The summed E-state index contributed by atoms with van der Waals surface area (Å²) >= 11 is 3.44. The number of nitrogens with one attached hydrogen (secondary N) is 1. The number of H-pyrrole nitrogens is 1. The summed E-state index contributed by atoms with van der Waals surface area (Å²) in [6, 6.07) is 0. The third kappa shape index (κ3) is 2.12. The van der Waals surface area contributed by atoms with Crippen LogP contribution in [0.1, 0.15) is 0 Å². The van der Waals surface area contributed by atoms with Gasteiger partial charge in [0.15, 0.2) is 0 Å². The standard InChI is InChI=1S/C11H12BrN5O2/c12-10-9-7(14-15-10)5-13-6-8(9)16-1-3-17(4-2-16)11(18)19/h5-6H,1-4H2,(H,14,15)(H,18,19). The van der Waals surface area contributed by atoms with E-state index in [-0.39, 0.29) is 0 Å². The second-order valence-electron chi connectivity index (χ2n) is 4.35. The summed E-state index contributed by atoms with van der Waals surface area (Å²) < 4.78 is 0.820. The zero-order chi connectivity index (χ0) is 13.4. The highest BCUT2D eigenvalue weighted by Gasteiger charge is 2.22. The molecule has 2 aromatic heterocycles. The number of hydrogen-bond donors (Lipinski definition) is 2. The van der Waals surface area contributed by atoms with Crippen LogP contribution in [0.5, 0.6) is 0 Å². The maximum atomic E-state index is 10.9. The van der Waals surface area contributed by atoms with Crippen molar-refractivity contribution in [3.05, 3.63) is 17.0 Å². The quantitative estimate of drug-likeness (QED) is 0.830. The Morgan fingerprint density at radius 2 is 2.05 bits per heavy atom. The van der Waals surface area contributed by atoms with E-state index >= 15 is 0 Å². The molecule has 3 rings (SSSR count). The smallest absolute Gasteiger partial charge is 0.407 e. The molecule has 7 nitrogen and oxygen atoms in total. The predicted octanol–water partition coefficient (Wildman–Crippen LogP) is 1.52. The van der Waals surface area contributed by atoms with Crippen molar-refractivity contribution in [2.24, 2.45) is 0 Å². The fraction of sp³-hybridized carbons (Fsp3) is 0.364. The van der Waals surface area contributed by atoms with Gasteiger partial charge in [-0.2, -0.15) is 5.10 Å². The van der Waals surface area contributed by atoms with E-state index in [0.717, 1.165) is 21.2 Å². The number of amides is 1. The molecule has 19 heavy (non-hydrogen) atoms. The molecular weight excluding hydrogens is 314 g/mol. The lowest BCUT2D eigenvalue weighted by Crippen LogP contribution is -2.48. The minimum atomic E-state index is -0.861. The molecule has 100 valence electrons. The Labute approximate surface area is 117 Å². The van der Waals surface area contributed by atoms with E-state index in [1.165, 1.54) is 4.90 Å². The minimum Gasteiger partial charge on any atom is -0.465 e. The number of hydrogen-bond acceptors (Lipinski definition) is 4. The lowest BCUT2D eigenvalue weighted by molar-refractivity contribution is 0.142. The summed E-state index contributed by atoms with van der Waals surface area (Å²) in [7, 11) is 0. The van der Waals surface area contributed by atoms with Crippen molar-refractivity contribution in [1.82, 2.24) is 20.1 Å². The summed E-state index contributed by atoms with van der Waals surface area (Å²) in [4.78, 5) is 18.6. The van der Waals surface area contributed by atoms with Crippen LogP contribution in [0, 0.1) is 0 Å². The first-order valence-electron chi connectivity index (χ1n) is 5.87. The molecule has 0 unspecified atom stereocenters. The van der Waals surface area contributed by atoms with Gasteiger partial charge in [0.25, 0.3) is 0 Å². The highest BCUT2D eigenvalue weighted by Crippen LogP contribution is 2.30. The lowest BCUT2D eigenvalue weighted by Gasteiger charge is -2.34. The van der Waals surface area contributed by atoms with Crippen LogP contribution in [0.2, 0.25) is 0 Å². The fourth-order valence-electron chi connectivity index (χ4n) is 2.29. The van der Waals surface area contributed by atoms with Crippen molar-refractivity contribution in [2.75, 3.05) is 31.1 Å². The summed E-state index contributed by atoms with van der Waals surface area (Å²) in [6.45, 7) is 2.32. The van der Waals surface area contributed by atoms with Crippen LogP contribution >= 0.6 is 15.9 Å². The van der Waals surface area contributed by atoms with Gasteiger partial charge in [-0.3, -0.25) is 10.1 Å². The Bertz CT molecular complexity index is 621. The number of carboxylic acid groups (broad SMARTS) is 1. The molecule has 0 spiro atoms. The minimum absolute atomic E-state index is 0.501. The lowest BCUT2D eigenvalue weighted by atomic mass is 10.2. The number of aromatic amines is 1. The van der Waals surface area contributed by atoms with Gasteiger partial charge in [-0.25, -0.2) is 4.79 Å². The molecule has 0 atom stereocenters. The molecule has 2 N–H and O–H groups in total. The van der Waals surface area contributed by atoms with E-state index in [2.05, 4.69) is 36.0 Å². The second kappa shape index (κ2) is 4.69. The predicted molar refractivity (Wildman–Crippen MR) is 73.4 cm³/mol. The van der Waals surface area contributed by atoms with Gasteiger partial charge in [-0.15, -0.1) is 0 Å². The number of aromatic nitrogens is 3. The number of rotatable bonds is 1. The Morgan fingerprint density at radius 3 is 2.74 bits per heavy atom. The molecule has 0 bridgehead atoms. The first-order valence-corrected chi connectivity index (χ1v) is 6.66.